The predicted molar refractivity (Wildman–Crippen MR) is 146 cm³/mol. The molecule has 220 valence electrons. The molecule has 0 aromatic carbocycles. The van der Waals surface area contributed by atoms with E-state index in [1.807, 2.05) is 13.8 Å². The number of imide groups is 2. The molecular formula is C29H46N2O8. The molecule has 0 bridgehead atoms. The van der Waals surface area contributed by atoms with Crippen molar-refractivity contribution >= 4 is 23.6 Å². The Kier molecular flexibility index (Phi) is 15.2. The Morgan fingerprint density at radius 2 is 1.05 bits per heavy atom. The van der Waals surface area contributed by atoms with E-state index in [2.05, 4.69) is 0 Å². The maximum absolute atomic E-state index is 12.0. The lowest BCUT2D eigenvalue weighted by atomic mass is 10.2. The summed E-state index contributed by atoms with van der Waals surface area (Å²) in [5.41, 5.74) is 0.967. The van der Waals surface area contributed by atoms with E-state index >= 15 is 0 Å². The van der Waals surface area contributed by atoms with Crippen LogP contribution in [0.1, 0.15) is 66.2 Å². The van der Waals surface area contributed by atoms with Crippen molar-refractivity contribution in [2.24, 2.45) is 5.92 Å². The molecule has 0 radical (unpaired) electrons. The summed E-state index contributed by atoms with van der Waals surface area (Å²) < 4.78 is 22.6. The topological polar surface area (TPSA) is 112 Å². The minimum absolute atomic E-state index is 0.0981. The lowest BCUT2D eigenvalue weighted by Gasteiger charge is -2.22. The van der Waals surface area contributed by atoms with Gasteiger partial charge in [-0.2, -0.15) is 0 Å². The number of carbonyl (C=O) groups is 4. The summed E-state index contributed by atoms with van der Waals surface area (Å²) in [7, 11) is 0. The molecule has 2 atom stereocenters. The van der Waals surface area contributed by atoms with Crippen LogP contribution in [-0.2, 0) is 38.1 Å². The lowest BCUT2D eigenvalue weighted by Crippen LogP contribution is -2.41. The molecule has 2 rings (SSSR count). The van der Waals surface area contributed by atoms with Gasteiger partial charge >= 0.3 is 0 Å². The third-order valence-electron chi connectivity index (χ3n) is 6.50. The Balaban J connectivity index is 1.29. The van der Waals surface area contributed by atoms with Crippen molar-refractivity contribution in [2.45, 2.75) is 72.3 Å². The van der Waals surface area contributed by atoms with E-state index in [0.717, 1.165) is 45.1 Å². The first-order valence-electron chi connectivity index (χ1n) is 14.1. The second-order valence-electron chi connectivity index (χ2n) is 10.4. The molecule has 10 nitrogen and oxygen atoms in total. The molecule has 0 aromatic heterocycles. The molecule has 10 heteroatoms. The van der Waals surface area contributed by atoms with Gasteiger partial charge in [0.05, 0.1) is 19.3 Å². The lowest BCUT2D eigenvalue weighted by molar-refractivity contribution is -0.141. The maximum atomic E-state index is 12.0. The quantitative estimate of drug-likeness (QED) is 0.149. The fourth-order valence-electron chi connectivity index (χ4n) is 4.24. The predicted octanol–water partition coefficient (Wildman–Crippen LogP) is 3.05. The first-order valence-corrected chi connectivity index (χ1v) is 14.1. The monoisotopic (exact) mass is 550 g/mol. The van der Waals surface area contributed by atoms with Gasteiger partial charge in [0.2, 0.25) is 0 Å². The van der Waals surface area contributed by atoms with Gasteiger partial charge in [-0.15, -0.1) is 0 Å². The molecule has 2 aliphatic heterocycles. The van der Waals surface area contributed by atoms with Crippen molar-refractivity contribution in [1.29, 1.82) is 0 Å². The van der Waals surface area contributed by atoms with Crippen LogP contribution in [0.3, 0.4) is 0 Å². The molecule has 0 spiro atoms. The molecule has 2 unspecified atom stereocenters. The molecule has 2 heterocycles. The zero-order valence-electron chi connectivity index (χ0n) is 24.1. The van der Waals surface area contributed by atoms with Gasteiger partial charge in [0, 0.05) is 69.5 Å². The first-order chi connectivity index (χ1) is 18.7. The first kappa shape index (κ1) is 32.8. The van der Waals surface area contributed by atoms with E-state index < -0.39 is 0 Å². The van der Waals surface area contributed by atoms with Crippen LogP contribution < -0.4 is 0 Å². The number of amides is 4. The van der Waals surface area contributed by atoms with Gasteiger partial charge in [-0.1, -0.05) is 6.92 Å². The van der Waals surface area contributed by atoms with E-state index in [1.165, 1.54) is 22.0 Å². The third-order valence-corrected chi connectivity index (χ3v) is 6.50. The summed E-state index contributed by atoms with van der Waals surface area (Å²) in [6, 6.07) is -0.269. The average molecular weight is 551 g/mol. The van der Waals surface area contributed by atoms with Crippen LogP contribution >= 0.6 is 0 Å². The van der Waals surface area contributed by atoms with Crippen molar-refractivity contribution in [3.8, 4) is 0 Å². The Morgan fingerprint density at radius 3 is 1.49 bits per heavy atom. The Bertz CT molecular complexity index is 885. The van der Waals surface area contributed by atoms with Crippen LogP contribution in [0.2, 0.25) is 0 Å². The van der Waals surface area contributed by atoms with Gasteiger partial charge in [-0.3, -0.25) is 29.0 Å². The molecule has 0 saturated carbocycles. The van der Waals surface area contributed by atoms with Gasteiger partial charge in [0.1, 0.15) is 0 Å². The highest BCUT2D eigenvalue weighted by Crippen LogP contribution is 2.16. The molecule has 0 aliphatic carbocycles. The van der Waals surface area contributed by atoms with Crippen LogP contribution in [0.15, 0.2) is 23.3 Å². The number of unbranched alkanes of at least 4 members (excludes halogenated alkanes) is 3. The molecule has 39 heavy (non-hydrogen) atoms. The highest BCUT2D eigenvalue weighted by molar-refractivity contribution is 6.16. The van der Waals surface area contributed by atoms with Crippen molar-refractivity contribution < 1.29 is 38.1 Å². The summed E-state index contributed by atoms with van der Waals surface area (Å²) in [5.74, 6) is -0.834. The zero-order valence-corrected chi connectivity index (χ0v) is 24.1. The number of hydrogen-bond donors (Lipinski definition) is 0. The highest BCUT2D eigenvalue weighted by atomic mass is 16.5. The molecule has 4 amide bonds. The number of ether oxygens (including phenoxy) is 4. The second-order valence-corrected chi connectivity index (χ2v) is 10.4. The molecule has 2 aliphatic rings. The highest BCUT2D eigenvalue weighted by Gasteiger charge is 2.32. The fourth-order valence-corrected chi connectivity index (χ4v) is 4.24. The van der Waals surface area contributed by atoms with Gasteiger partial charge in [-0.05, 0) is 65.2 Å². The molecule has 0 N–H and O–H groups in total. The SMILES string of the molecule is CC1=CC(=O)N(CC(C)COCCCCOCCCCOCCCCOCC(C)N2C(=O)C=C(C)C2=O)C1=O. The van der Waals surface area contributed by atoms with Gasteiger partial charge < -0.3 is 18.9 Å². The largest absolute Gasteiger partial charge is 0.381 e. The van der Waals surface area contributed by atoms with Crippen molar-refractivity contribution in [2.75, 3.05) is 59.4 Å². The van der Waals surface area contributed by atoms with E-state index in [-0.39, 0.29) is 35.6 Å². The number of carbonyl (C=O) groups excluding carboxylic acids is 4. The average Bonchev–Trinajstić information content (AvgIpc) is 3.29. The molecule has 0 fully saturated rings. The smallest absolute Gasteiger partial charge is 0.256 e. The van der Waals surface area contributed by atoms with E-state index in [0.29, 0.717) is 63.9 Å². The van der Waals surface area contributed by atoms with Crippen LogP contribution in [0.4, 0.5) is 0 Å². The van der Waals surface area contributed by atoms with E-state index in [9.17, 15) is 19.2 Å². The summed E-state index contributed by atoms with van der Waals surface area (Å²) in [4.78, 5) is 50.0. The van der Waals surface area contributed by atoms with Gasteiger partial charge in [0.25, 0.3) is 23.6 Å². The standard InChI is InChI=1S/C29H46N2O8/c1-22(19-30-26(32)17-23(2)28(30)34)20-38-15-9-7-13-36-11-5-6-12-37-14-8-10-16-39-21-25(4)31-27(33)18-24(3)29(31)35/h17-18,22,25H,5-16,19-21H2,1-4H3. The normalized spacial score (nSPS) is 17.3. The Hall–Kier alpha value is -2.40. The van der Waals surface area contributed by atoms with Crippen LogP contribution in [0.5, 0.6) is 0 Å². The van der Waals surface area contributed by atoms with Crippen molar-refractivity contribution in [1.82, 2.24) is 9.80 Å². The number of nitrogens with zero attached hydrogens (tertiary/aromatic N) is 2. The van der Waals surface area contributed by atoms with E-state index in [4.69, 9.17) is 18.9 Å². The van der Waals surface area contributed by atoms with Crippen LogP contribution in [-0.4, -0.2) is 98.9 Å². The number of hydrogen-bond acceptors (Lipinski definition) is 8. The fraction of sp³-hybridized carbons (Fsp3) is 0.724. The van der Waals surface area contributed by atoms with Crippen molar-refractivity contribution in [3.05, 3.63) is 23.3 Å². The Labute approximate surface area is 232 Å². The summed E-state index contributed by atoms with van der Waals surface area (Å²) in [5, 5.41) is 0. The third kappa shape index (κ3) is 11.7. The summed E-state index contributed by atoms with van der Waals surface area (Å²) >= 11 is 0. The maximum Gasteiger partial charge on any atom is 0.256 e. The molecular weight excluding hydrogens is 504 g/mol. The minimum Gasteiger partial charge on any atom is -0.381 e. The number of rotatable bonds is 22. The van der Waals surface area contributed by atoms with Gasteiger partial charge in [0.15, 0.2) is 0 Å². The molecule has 0 aromatic rings. The van der Waals surface area contributed by atoms with Crippen molar-refractivity contribution in [3.63, 3.8) is 0 Å². The van der Waals surface area contributed by atoms with Crippen LogP contribution in [0.25, 0.3) is 0 Å². The summed E-state index contributed by atoms with van der Waals surface area (Å²) in [6.45, 7) is 12.4. The summed E-state index contributed by atoms with van der Waals surface area (Å²) in [6.07, 6.45) is 8.28. The Morgan fingerprint density at radius 1 is 0.615 bits per heavy atom. The second kappa shape index (κ2) is 18.0. The molecule has 0 saturated heterocycles. The van der Waals surface area contributed by atoms with Crippen LogP contribution in [0, 0.1) is 5.92 Å². The minimum atomic E-state index is -0.269. The van der Waals surface area contributed by atoms with Gasteiger partial charge in [-0.25, -0.2) is 0 Å². The van der Waals surface area contributed by atoms with E-state index in [1.54, 1.807) is 13.8 Å². The zero-order chi connectivity index (χ0) is 28.6.